The van der Waals surface area contributed by atoms with Crippen molar-refractivity contribution in [1.82, 2.24) is 24.8 Å². The van der Waals surface area contributed by atoms with E-state index in [0.717, 1.165) is 50.4 Å². The molecule has 3 aromatic rings. The number of rotatable bonds is 5. The van der Waals surface area contributed by atoms with Crippen LogP contribution in [0.2, 0.25) is 0 Å². The molecule has 1 fully saturated rings. The van der Waals surface area contributed by atoms with E-state index in [1.165, 1.54) is 5.56 Å². The number of para-hydroxylation sites is 1. The summed E-state index contributed by atoms with van der Waals surface area (Å²) in [6.07, 6.45) is 4.46. The summed E-state index contributed by atoms with van der Waals surface area (Å²) in [5, 5.41) is 8.53. The van der Waals surface area contributed by atoms with Crippen LogP contribution in [0.15, 0.2) is 60.7 Å². The number of aromatic nitrogens is 3. The van der Waals surface area contributed by atoms with E-state index in [-0.39, 0.29) is 0 Å². The van der Waals surface area contributed by atoms with Gasteiger partial charge in [0.25, 0.3) is 0 Å². The number of hydrogen-bond donors (Lipinski definition) is 0. The summed E-state index contributed by atoms with van der Waals surface area (Å²) in [6.45, 7) is 6.13. The van der Waals surface area contributed by atoms with Gasteiger partial charge in [-0.05, 0) is 17.7 Å². The SMILES string of the molecule is C(=C/c1ccccc1)/CN1CCN(Cn2nnc3ccccc32)CC1. The summed E-state index contributed by atoms with van der Waals surface area (Å²) in [5.41, 5.74) is 3.34. The Hall–Kier alpha value is -2.50. The van der Waals surface area contributed by atoms with Gasteiger partial charge >= 0.3 is 0 Å². The normalized spacial score (nSPS) is 16.8. The Balaban J connectivity index is 1.28. The molecule has 1 saturated heterocycles. The van der Waals surface area contributed by atoms with Gasteiger partial charge in [0.15, 0.2) is 0 Å². The Bertz CT molecular complexity index is 831. The molecule has 0 unspecified atom stereocenters. The molecule has 25 heavy (non-hydrogen) atoms. The number of piperazine rings is 1. The van der Waals surface area contributed by atoms with Gasteiger partial charge in [0.05, 0.1) is 12.2 Å². The molecule has 5 heteroatoms. The molecule has 0 spiro atoms. The molecule has 2 heterocycles. The Morgan fingerprint density at radius 3 is 2.40 bits per heavy atom. The molecule has 1 aliphatic heterocycles. The van der Waals surface area contributed by atoms with E-state index >= 15 is 0 Å². The van der Waals surface area contributed by atoms with Crippen LogP contribution in [-0.2, 0) is 6.67 Å². The second-order valence-corrected chi connectivity index (χ2v) is 6.45. The Kier molecular flexibility index (Phi) is 4.86. The van der Waals surface area contributed by atoms with Crippen LogP contribution >= 0.6 is 0 Å². The van der Waals surface area contributed by atoms with E-state index in [2.05, 4.69) is 68.7 Å². The third-order valence-electron chi connectivity index (χ3n) is 4.69. The zero-order valence-electron chi connectivity index (χ0n) is 14.3. The Labute approximate surface area is 148 Å². The number of hydrogen-bond acceptors (Lipinski definition) is 4. The molecule has 5 nitrogen and oxygen atoms in total. The van der Waals surface area contributed by atoms with Crippen molar-refractivity contribution < 1.29 is 0 Å². The van der Waals surface area contributed by atoms with E-state index in [1.807, 2.05) is 22.9 Å². The van der Waals surface area contributed by atoms with Crippen molar-refractivity contribution >= 4 is 17.1 Å². The highest BCUT2D eigenvalue weighted by atomic mass is 15.5. The van der Waals surface area contributed by atoms with Crippen molar-refractivity contribution in [2.75, 3.05) is 32.7 Å². The highest BCUT2D eigenvalue weighted by Gasteiger charge is 2.17. The predicted molar refractivity (Wildman–Crippen MR) is 101 cm³/mol. The van der Waals surface area contributed by atoms with Gasteiger partial charge in [0.2, 0.25) is 0 Å². The molecule has 0 atom stereocenters. The van der Waals surface area contributed by atoms with E-state index in [9.17, 15) is 0 Å². The predicted octanol–water partition coefficient (Wildman–Crippen LogP) is 2.72. The van der Waals surface area contributed by atoms with Crippen molar-refractivity contribution in [2.45, 2.75) is 6.67 Å². The lowest BCUT2D eigenvalue weighted by Gasteiger charge is -2.33. The third kappa shape index (κ3) is 3.95. The first-order valence-electron chi connectivity index (χ1n) is 8.83. The van der Waals surface area contributed by atoms with E-state index in [0.29, 0.717) is 0 Å². The first-order chi connectivity index (χ1) is 12.4. The van der Waals surface area contributed by atoms with Gasteiger partial charge in [-0.25, -0.2) is 4.68 Å². The fourth-order valence-corrected chi connectivity index (χ4v) is 3.23. The molecule has 1 aliphatic rings. The van der Waals surface area contributed by atoms with Crippen LogP contribution in [0.25, 0.3) is 17.1 Å². The minimum Gasteiger partial charge on any atom is -0.297 e. The Morgan fingerprint density at radius 1 is 0.840 bits per heavy atom. The molecule has 2 aromatic carbocycles. The quantitative estimate of drug-likeness (QED) is 0.719. The van der Waals surface area contributed by atoms with Crippen LogP contribution in [0.5, 0.6) is 0 Å². The minimum atomic E-state index is 0.814. The van der Waals surface area contributed by atoms with Gasteiger partial charge < -0.3 is 0 Å². The van der Waals surface area contributed by atoms with Crippen molar-refractivity contribution in [3.05, 3.63) is 66.2 Å². The number of benzene rings is 2. The molecule has 0 amide bonds. The second kappa shape index (κ2) is 7.59. The van der Waals surface area contributed by atoms with Crippen LogP contribution in [0.4, 0.5) is 0 Å². The fraction of sp³-hybridized carbons (Fsp3) is 0.300. The van der Waals surface area contributed by atoms with Gasteiger partial charge in [-0.3, -0.25) is 9.80 Å². The molecule has 0 saturated carbocycles. The monoisotopic (exact) mass is 333 g/mol. The van der Waals surface area contributed by atoms with Crippen LogP contribution in [0.3, 0.4) is 0 Å². The van der Waals surface area contributed by atoms with Crippen LogP contribution in [0.1, 0.15) is 5.56 Å². The van der Waals surface area contributed by atoms with Gasteiger partial charge in [-0.15, -0.1) is 5.10 Å². The van der Waals surface area contributed by atoms with Gasteiger partial charge in [-0.1, -0.05) is 59.8 Å². The standard InChI is InChI=1S/C20H23N5/c1-2-7-18(8-3-1)9-6-12-23-13-15-24(16-14-23)17-25-20-11-5-4-10-19(20)21-22-25/h1-11H,12-17H2/b9-6-. The van der Waals surface area contributed by atoms with Gasteiger partial charge in [0, 0.05) is 32.7 Å². The minimum absolute atomic E-state index is 0.814. The van der Waals surface area contributed by atoms with Crippen molar-refractivity contribution in [3.63, 3.8) is 0 Å². The first-order valence-corrected chi connectivity index (χ1v) is 8.83. The number of fused-ring (bicyclic) bond motifs is 1. The molecule has 0 bridgehead atoms. The van der Waals surface area contributed by atoms with Crippen LogP contribution < -0.4 is 0 Å². The smallest absolute Gasteiger partial charge is 0.113 e. The molecule has 0 radical (unpaired) electrons. The van der Waals surface area contributed by atoms with E-state index in [4.69, 9.17) is 0 Å². The lowest BCUT2D eigenvalue weighted by Crippen LogP contribution is -2.46. The molecular weight excluding hydrogens is 310 g/mol. The zero-order valence-corrected chi connectivity index (χ0v) is 14.3. The van der Waals surface area contributed by atoms with Gasteiger partial charge in [0.1, 0.15) is 5.52 Å². The lowest BCUT2D eigenvalue weighted by molar-refractivity contribution is 0.112. The van der Waals surface area contributed by atoms with Crippen molar-refractivity contribution in [2.24, 2.45) is 0 Å². The summed E-state index contributed by atoms with van der Waals surface area (Å²) >= 11 is 0. The fourth-order valence-electron chi connectivity index (χ4n) is 3.23. The maximum Gasteiger partial charge on any atom is 0.113 e. The average molecular weight is 333 g/mol. The van der Waals surface area contributed by atoms with E-state index in [1.54, 1.807) is 0 Å². The molecule has 0 aliphatic carbocycles. The molecule has 4 rings (SSSR count). The topological polar surface area (TPSA) is 37.2 Å². The maximum absolute atomic E-state index is 4.29. The van der Waals surface area contributed by atoms with Crippen molar-refractivity contribution in [3.8, 4) is 0 Å². The third-order valence-corrected chi connectivity index (χ3v) is 4.69. The highest BCUT2D eigenvalue weighted by molar-refractivity contribution is 5.73. The Morgan fingerprint density at radius 2 is 1.56 bits per heavy atom. The molecule has 0 N–H and O–H groups in total. The van der Waals surface area contributed by atoms with Crippen LogP contribution in [0, 0.1) is 0 Å². The zero-order chi connectivity index (χ0) is 16.9. The number of nitrogens with zero attached hydrogens (tertiary/aromatic N) is 5. The van der Waals surface area contributed by atoms with Gasteiger partial charge in [-0.2, -0.15) is 0 Å². The maximum atomic E-state index is 4.29. The lowest BCUT2D eigenvalue weighted by atomic mass is 10.2. The molecular formula is C20H23N5. The first kappa shape index (κ1) is 16.0. The molecule has 128 valence electrons. The van der Waals surface area contributed by atoms with Crippen molar-refractivity contribution in [1.29, 1.82) is 0 Å². The summed E-state index contributed by atoms with van der Waals surface area (Å²) in [4.78, 5) is 4.94. The summed E-state index contributed by atoms with van der Waals surface area (Å²) in [5.74, 6) is 0. The average Bonchev–Trinajstić information content (AvgIpc) is 3.07. The van der Waals surface area contributed by atoms with E-state index < -0.39 is 0 Å². The molecule has 1 aromatic heterocycles. The summed E-state index contributed by atoms with van der Waals surface area (Å²) in [6, 6.07) is 18.6. The van der Waals surface area contributed by atoms with Crippen LogP contribution in [-0.4, -0.2) is 57.5 Å². The highest BCUT2D eigenvalue weighted by Crippen LogP contribution is 2.11. The summed E-state index contributed by atoms with van der Waals surface area (Å²) < 4.78 is 2.00. The summed E-state index contributed by atoms with van der Waals surface area (Å²) in [7, 11) is 0. The largest absolute Gasteiger partial charge is 0.297 e. The second-order valence-electron chi connectivity index (χ2n) is 6.45.